The molecule has 2 aliphatic rings. The lowest BCUT2D eigenvalue weighted by molar-refractivity contribution is 1.18. The molecule has 176 valence electrons. The van der Waals surface area contributed by atoms with E-state index < -0.39 is 0 Å². The van der Waals surface area contributed by atoms with E-state index in [1.807, 2.05) is 0 Å². The summed E-state index contributed by atoms with van der Waals surface area (Å²) in [6.45, 7) is 2.38. The Kier molecular flexibility index (Phi) is 3.84. The number of nitrogens with zero attached hydrogens (tertiary/aromatic N) is 2. The maximum absolute atomic E-state index is 2.56. The average Bonchev–Trinajstić information content (AvgIpc) is 3.34. The van der Waals surface area contributed by atoms with E-state index in [9.17, 15) is 0 Å². The van der Waals surface area contributed by atoms with Crippen LogP contribution in [0.2, 0.25) is 0 Å². The quantitative estimate of drug-likeness (QED) is 0.220. The molecular formula is C35H23BN2. The van der Waals surface area contributed by atoms with Gasteiger partial charge in [0.25, 0.3) is 0 Å². The summed E-state index contributed by atoms with van der Waals surface area (Å²) in [6.07, 6.45) is 0. The van der Waals surface area contributed by atoms with E-state index in [1.165, 1.54) is 77.3 Å². The molecule has 3 heteroatoms. The predicted molar refractivity (Wildman–Crippen MR) is 162 cm³/mol. The Bertz CT molecular complexity index is 2110. The third-order valence-corrected chi connectivity index (χ3v) is 8.65. The first-order chi connectivity index (χ1) is 18.8. The van der Waals surface area contributed by atoms with Gasteiger partial charge >= 0.3 is 6.85 Å². The zero-order chi connectivity index (χ0) is 25.0. The van der Waals surface area contributed by atoms with E-state index in [0.29, 0.717) is 0 Å². The standard InChI is InChI=1S/C35H23BN2/c1-22-21-27-26-15-7-9-17-29(26)38(24-12-3-2-4-13-24)36-28-16-8-10-18-30(28)37-31-20-19-23-11-5-6-14-25(23)33(31)32(22)35(37)34(27)36/h2-21H,1H3. The first-order valence-electron chi connectivity index (χ1n) is 13.3. The molecule has 0 spiro atoms. The van der Waals surface area contributed by atoms with Crippen molar-refractivity contribution < 1.29 is 0 Å². The van der Waals surface area contributed by atoms with Gasteiger partial charge in [-0.3, -0.25) is 0 Å². The number of rotatable bonds is 1. The number of benzene rings is 6. The van der Waals surface area contributed by atoms with E-state index in [0.717, 1.165) is 0 Å². The maximum Gasteiger partial charge on any atom is 0.333 e. The van der Waals surface area contributed by atoms with Crippen LogP contribution in [0.4, 0.5) is 11.4 Å². The van der Waals surface area contributed by atoms with Crippen LogP contribution in [0, 0.1) is 6.92 Å². The molecule has 0 bridgehead atoms. The van der Waals surface area contributed by atoms with Crippen molar-refractivity contribution in [1.29, 1.82) is 0 Å². The van der Waals surface area contributed by atoms with Crippen molar-refractivity contribution >= 4 is 61.7 Å². The Hall–Kier alpha value is -4.76. The van der Waals surface area contributed by atoms with Gasteiger partial charge in [-0.2, -0.15) is 0 Å². The number of hydrogen-bond acceptors (Lipinski definition) is 1. The molecule has 0 amide bonds. The maximum atomic E-state index is 2.56. The summed E-state index contributed by atoms with van der Waals surface area (Å²) in [4.78, 5) is 2.56. The van der Waals surface area contributed by atoms with E-state index in [4.69, 9.17) is 0 Å². The molecule has 6 aromatic carbocycles. The Balaban J connectivity index is 1.56. The van der Waals surface area contributed by atoms with Crippen molar-refractivity contribution in [2.24, 2.45) is 0 Å². The van der Waals surface area contributed by atoms with Crippen molar-refractivity contribution in [3.63, 3.8) is 0 Å². The molecule has 3 heterocycles. The van der Waals surface area contributed by atoms with Crippen molar-refractivity contribution in [3.8, 4) is 16.8 Å². The van der Waals surface area contributed by atoms with Crippen molar-refractivity contribution in [1.82, 2.24) is 4.57 Å². The first kappa shape index (κ1) is 20.3. The summed E-state index contributed by atoms with van der Waals surface area (Å²) >= 11 is 0. The second kappa shape index (κ2) is 7.17. The molecular weight excluding hydrogens is 459 g/mol. The van der Waals surface area contributed by atoms with Crippen LogP contribution in [0.5, 0.6) is 0 Å². The van der Waals surface area contributed by atoms with Crippen LogP contribution in [0.25, 0.3) is 49.4 Å². The number of aromatic nitrogens is 1. The lowest BCUT2D eigenvalue weighted by Gasteiger charge is -2.42. The molecule has 0 saturated heterocycles. The van der Waals surface area contributed by atoms with Gasteiger partial charge in [-0.1, -0.05) is 91.0 Å². The third-order valence-electron chi connectivity index (χ3n) is 8.65. The van der Waals surface area contributed by atoms with Gasteiger partial charge in [0.15, 0.2) is 0 Å². The monoisotopic (exact) mass is 482 g/mol. The molecule has 0 saturated carbocycles. The smallest absolute Gasteiger partial charge is 0.333 e. The molecule has 2 nitrogen and oxygen atoms in total. The molecule has 0 aliphatic carbocycles. The summed E-state index contributed by atoms with van der Waals surface area (Å²) in [5, 5.41) is 5.35. The zero-order valence-electron chi connectivity index (χ0n) is 21.0. The average molecular weight is 482 g/mol. The molecule has 9 rings (SSSR count). The predicted octanol–water partition coefficient (Wildman–Crippen LogP) is 7.48. The van der Waals surface area contributed by atoms with Crippen molar-refractivity contribution in [2.45, 2.75) is 6.92 Å². The molecule has 1 aromatic heterocycles. The van der Waals surface area contributed by atoms with Gasteiger partial charge in [0.2, 0.25) is 0 Å². The molecule has 0 fully saturated rings. The van der Waals surface area contributed by atoms with Crippen molar-refractivity contribution in [3.05, 3.63) is 127 Å². The van der Waals surface area contributed by atoms with Gasteiger partial charge < -0.3 is 9.38 Å². The van der Waals surface area contributed by atoms with Crippen LogP contribution in [0.3, 0.4) is 0 Å². The fourth-order valence-electron chi connectivity index (χ4n) is 7.22. The SMILES string of the molecule is Cc1cc2c3c4c1c1c5ccccc5ccc1n4-c1ccccc1B3N(c1ccccc1)c1ccccc1-2. The highest BCUT2D eigenvalue weighted by Crippen LogP contribution is 2.46. The minimum absolute atomic E-state index is 0.0877. The Labute approximate surface area is 221 Å². The minimum atomic E-state index is 0.0877. The number of anilines is 2. The van der Waals surface area contributed by atoms with E-state index in [1.54, 1.807) is 0 Å². The highest BCUT2D eigenvalue weighted by Gasteiger charge is 2.43. The number of hydrogen-bond donors (Lipinski definition) is 0. The van der Waals surface area contributed by atoms with Gasteiger partial charge in [-0.05, 0) is 70.1 Å². The highest BCUT2D eigenvalue weighted by molar-refractivity contribution is 6.93. The number of aryl methyl sites for hydroxylation is 1. The minimum Gasteiger partial charge on any atom is -0.376 e. The number of para-hydroxylation sites is 3. The summed E-state index contributed by atoms with van der Waals surface area (Å²) < 4.78 is 2.55. The van der Waals surface area contributed by atoms with Crippen LogP contribution in [-0.2, 0) is 0 Å². The second-order valence-electron chi connectivity index (χ2n) is 10.6. The summed E-state index contributed by atoms with van der Waals surface area (Å²) in [7, 11) is 0. The normalized spacial score (nSPS) is 13.3. The zero-order valence-corrected chi connectivity index (χ0v) is 21.0. The lowest BCUT2D eigenvalue weighted by atomic mass is 9.44. The first-order valence-corrected chi connectivity index (χ1v) is 13.3. The van der Waals surface area contributed by atoms with Gasteiger partial charge in [-0.25, -0.2) is 0 Å². The van der Waals surface area contributed by atoms with Gasteiger partial charge in [0, 0.05) is 33.4 Å². The molecule has 2 aliphatic heterocycles. The largest absolute Gasteiger partial charge is 0.376 e. The fraction of sp³-hybridized carbons (Fsp3) is 0.0286. The number of fused-ring (bicyclic) bond motifs is 10. The molecule has 0 N–H and O–H groups in total. The topological polar surface area (TPSA) is 8.17 Å². The Morgan fingerprint density at radius 2 is 1.34 bits per heavy atom. The van der Waals surface area contributed by atoms with Gasteiger partial charge in [0.1, 0.15) is 0 Å². The van der Waals surface area contributed by atoms with Gasteiger partial charge in [0.05, 0.1) is 11.0 Å². The fourth-order valence-corrected chi connectivity index (χ4v) is 7.22. The van der Waals surface area contributed by atoms with E-state index in [2.05, 4.69) is 138 Å². The molecule has 0 atom stereocenters. The van der Waals surface area contributed by atoms with Crippen LogP contribution in [0.15, 0.2) is 121 Å². The summed E-state index contributed by atoms with van der Waals surface area (Å²) in [6, 6.07) is 44.7. The van der Waals surface area contributed by atoms with E-state index >= 15 is 0 Å². The van der Waals surface area contributed by atoms with Crippen LogP contribution in [-0.4, -0.2) is 11.4 Å². The van der Waals surface area contributed by atoms with E-state index in [-0.39, 0.29) is 6.85 Å². The molecule has 7 aromatic rings. The highest BCUT2D eigenvalue weighted by atomic mass is 15.1. The Morgan fingerprint density at radius 1 is 0.605 bits per heavy atom. The van der Waals surface area contributed by atoms with Gasteiger partial charge in [-0.15, -0.1) is 0 Å². The second-order valence-corrected chi connectivity index (χ2v) is 10.6. The van der Waals surface area contributed by atoms with Crippen molar-refractivity contribution in [2.75, 3.05) is 4.81 Å². The third kappa shape index (κ3) is 2.39. The molecule has 0 radical (unpaired) electrons. The van der Waals surface area contributed by atoms with Crippen LogP contribution >= 0.6 is 0 Å². The molecule has 0 unspecified atom stereocenters. The Morgan fingerprint density at radius 3 is 2.24 bits per heavy atom. The van der Waals surface area contributed by atoms with Crippen LogP contribution < -0.4 is 15.7 Å². The lowest BCUT2D eigenvalue weighted by Crippen LogP contribution is -2.60. The molecule has 38 heavy (non-hydrogen) atoms. The summed E-state index contributed by atoms with van der Waals surface area (Å²) in [5.41, 5.74) is 13.1. The summed E-state index contributed by atoms with van der Waals surface area (Å²) in [5.74, 6) is 0. The van der Waals surface area contributed by atoms with Crippen LogP contribution in [0.1, 0.15) is 5.56 Å².